The molecule has 0 bridgehead atoms. The maximum Gasteiger partial charge on any atom is 0.339 e. The topological polar surface area (TPSA) is 69.6 Å². The van der Waals surface area contributed by atoms with Gasteiger partial charge < -0.3 is 14.9 Å². The van der Waals surface area contributed by atoms with Crippen LogP contribution in [0.2, 0.25) is 0 Å². The Labute approximate surface area is 129 Å². The van der Waals surface area contributed by atoms with Crippen LogP contribution in [-0.2, 0) is 0 Å². The fourth-order valence-corrected chi connectivity index (χ4v) is 2.75. The van der Waals surface area contributed by atoms with Crippen LogP contribution in [0, 0.1) is 6.92 Å². The summed E-state index contributed by atoms with van der Waals surface area (Å²) in [5, 5.41) is 9.28. The summed E-state index contributed by atoms with van der Waals surface area (Å²) in [5.74, 6) is 0.611. The summed E-state index contributed by atoms with van der Waals surface area (Å²) in [6, 6.07) is 7.23. The predicted octanol–water partition coefficient (Wildman–Crippen LogP) is 1.81. The minimum atomic E-state index is -0.939. The molecule has 0 spiro atoms. The Bertz CT molecular complexity index is 681. The van der Waals surface area contributed by atoms with Crippen LogP contribution < -0.4 is 9.80 Å². The SMILES string of the molecule is Cc1cccnc1N1CCN(c2ncccc2C(=O)O)CC1. The molecule has 2 aromatic heterocycles. The molecule has 114 valence electrons. The van der Waals surface area contributed by atoms with Crippen molar-refractivity contribution in [1.29, 1.82) is 0 Å². The fourth-order valence-electron chi connectivity index (χ4n) is 2.75. The van der Waals surface area contributed by atoms with Crippen molar-refractivity contribution < 1.29 is 9.90 Å². The highest BCUT2D eigenvalue weighted by atomic mass is 16.4. The number of aromatic carboxylic acids is 1. The zero-order valence-electron chi connectivity index (χ0n) is 12.4. The number of pyridine rings is 2. The maximum atomic E-state index is 11.3. The second kappa shape index (κ2) is 6.01. The van der Waals surface area contributed by atoms with Gasteiger partial charge in [-0.1, -0.05) is 6.07 Å². The third kappa shape index (κ3) is 2.72. The van der Waals surface area contributed by atoms with Crippen LogP contribution >= 0.6 is 0 Å². The molecule has 1 fully saturated rings. The van der Waals surface area contributed by atoms with Crippen molar-refractivity contribution in [3.05, 3.63) is 47.8 Å². The molecule has 0 amide bonds. The lowest BCUT2D eigenvalue weighted by Crippen LogP contribution is -2.47. The number of hydrogen-bond acceptors (Lipinski definition) is 5. The van der Waals surface area contributed by atoms with E-state index in [4.69, 9.17) is 0 Å². The van der Waals surface area contributed by atoms with E-state index in [0.29, 0.717) is 5.82 Å². The van der Waals surface area contributed by atoms with Crippen molar-refractivity contribution >= 4 is 17.6 Å². The van der Waals surface area contributed by atoms with E-state index in [1.54, 1.807) is 24.5 Å². The van der Waals surface area contributed by atoms with Gasteiger partial charge >= 0.3 is 5.97 Å². The number of anilines is 2. The second-order valence-electron chi connectivity index (χ2n) is 5.30. The van der Waals surface area contributed by atoms with Crippen molar-refractivity contribution in [2.24, 2.45) is 0 Å². The van der Waals surface area contributed by atoms with E-state index >= 15 is 0 Å². The number of aromatic nitrogens is 2. The molecule has 0 radical (unpaired) electrons. The van der Waals surface area contributed by atoms with Gasteiger partial charge in [0.2, 0.25) is 0 Å². The zero-order valence-corrected chi connectivity index (χ0v) is 12.4. The Balaban J connectivity index is 1.75. The van der Waals surface area contributed by atoms with Gasteiger partial charge in [0, 0.05) is 38.6 Å². The van der Waals surface area contributed by atoms with Crippen LogP contribution in [0.5, 0.6) is 0 Å². The first-order valence-corrected chi connectivity index (χ1v) is 7.26. The summed E-state index contributed by atoms with van der Waals surface area (Å²) in [6.45, 7) is 5.11. The van der Waals surface area contributed by atoms with Gasteiger partial charge in [-0.25, -0.2) is 14.8 Å². The minimum absolute atomic E-state index is 0.255. The van der Waals surface area contributed by atoms with Gasteiger partial charge in [-0.15, -0.1) is 0 Å². The van der Waals surface area contributed by atoms with Gasteiger partial charge in [0.1, 0.15) is 17.2 Å². The molecule has 1 aliphatic heterocycles. The number of hydrogen-bond donors (Lipinski definition) is 1. The number of rotatable bonds is 3. The predicted molar refractivity (Wildman–Crippen MR) is 84.6 cm³/mol. The lowest BCUT2D eigenvalue weighted by Gasteiger charge is -2.37. The molecule has 0 aliphatic carbocycles. The van der Waals surface area contributed by atoms with E-state index in [2.05, 4.69) is 27.9 Å². The zero-order chi connectivity index (χ0) is 15.5. The van der Waals surface area contributed by atoms with Crippen LogP contribution in [0.1, 0.15) is 15.9 Å². The monoisotopic (exact) mass is 298 g/mol. The molecule has 3 heterocycles. The summed E-state index contributed by atoms with van der Waals surface area (Å²) < 4.78 is 0. The summed E-state index contributed by atoms with van der Waals surface area (Å²) in [6.07, 6.45) is 3.44. The van der Waals surface area contributed by atoms with E-state index in [0.717, 1.165) is 37.6 Å². The molecule has 0 atom stereocenters. The van der Waals surface area contributed by atoms with Gasteiger partial charge in [-0.2, -0.15) is 0 Å². The standard InChI is InChI=1S/C16H18N4O2/c1-12-4-2-6-17-14(12)19-8-10-20(11-9-19)15-13(16(21)22)5-3-7-18-15/h2-7H,8-11H2,1H3,(H,21,22). The van der Waals surface area contributed by atoms with Crippen molar-refractivity contribution in [3.63, 3.8) is 0 Å². The fraction of sp³-hybridized carbons (Fsp3) is 0.312. The van der Waals surface area contributed by atoms with Crippen LogP contribution in [0.4, 0.5) is 11.6 Å². The third-order valence-corrected chi connectivity index (χ3v) is 3.88. The Hall–Kier alpha value is -2.63. The highest BCUT2D eigenvalue weighted by Crippen LogP contribution is 2.22. The van der Waals surface area contributed by atoms with Crippen molar-refractivity contribution in [2.75, 3.05) is 36.0 Å². The van der Waals surface area contributed by atoms with Crippen LogP contribution in [0.3, 0.4) is 0 Å². The first-order valence-electron chi connectivity index (χ1n) is 7.26. The average molecular weight is 298 g/mol. The molecular formula is C16H18N4O2. The molecule has 1 N–H and O–H groups in total. The van der Waals surface area contributed by atoms with Crippen molar-refractivity contribution in [1.82, 2.24) is 9.97 Å². The smallest absolute Gasteiger partial charge is 0.339 e. The van der Waals surface area contributed by atoms with Crippen molar-refractivity contribution in [3.8, 4) is 0 Å². The molecule has 1 saturated heterocycles. The molecule has 0 unspecified atom stereocenters. The molecule has 0 saturated carbocycles. The molecule has 3 rings (SSSR count). The van der Waals surface area contributed by atoms with Crippen LogP contribution in [-0.4, -0.2) is 47.2 Å². The molecule has 6 heteroatoms. The van der Waals surface area contributed by atoms with E-state index in [9.17, 15) is 9.90 Å². The molecular weight excluding hydrogens is 280 g/mol. The molecule has 1 aliphatic rings. The number of carboxylic acid groups (broad SMARTS) is 1. The van der Waals surface area contributed by atoms with Gasteiger partial charge in [-0.05, 0) is 30.7 Å². The summed E-state index contributed by atoms with van der Waals surface area (Å²) >= 11 is 0. The number of nitrogens with zero attached hydrogens (tertiary/aromatic N) is 4. The highest BCUT2D eigenvalue weighted by molar-refractivity contribution is 5.93. The molecule has 22 heavy (non-hydrogen) atoms. The lowest BCUT2D eigenvalue weighted by molar-refractivity contribution is 0.0697. The Morgan fingerprint density at radius 2 is 1.55 bits per heavy atom. The Morgan fingerprint density at radius 3 is 2.14 bits per heavy atom. The average Bonchev–Trinajstić information content (AvgIpc) is 2.55. The Kier molecular flexibility index (Phi) is 3.91. The molecule has 0 aromatic carbocycles. The first-order chi connectivity index (χ1) is 10.7. The van der Waals surface area contributed by atoms with Crippen LogP contribution in [0.15, 0.2) is 36.7 Å². The normalized spacial score (nSPS) is 15.0. The van der Waals surface area contributed by atoms with Gasteiger partial charge in [0.25, 0.3) is 0 Å². The third-order valence-electron chi connectivity index (χ3n) is 3.88. The lowest BCUT2D eigenvalue weighted by atomic mass is 10.2. The van der Waals surface area contributed by atoms with Gasteiger partial charge in [-0.3, -0.25) is 0 Å². The number of carbonyl (C=O) groups is 1. The van der Waals surface area contributed by atoms with Gasteiger partial charge in [0.05, 0.1) is 0 Å². The van der Waals surface area contributed by atoms with Crippen LogP contribution in [0.25, 0.3) is 0 Å². The van der Waals surface area contributed by atoms with E-state index < -0.39 is 5.97 Å². The highest BCUT2D eigenvalue weighted by Gasteiger charge is 2.23. The second-order valence-corrected chi connectivity index (χ2v) is 5.30. The van der Waals surface area contributed by atoms with E-state index in [-0.39, 0.29) is 5.56 Å². The number of carboxylic acids is 1. The summed E-state index contributed by atoms with van der Waals surface area (Å²) in [7, 11) is 0. The van der Waals surface area contributed by atoms with E-state index in [1.807, 2.05) is 11.0 Å². The summed E-state index contributed by atoms with van der Waals surface area (Å²) in [4.78, 5) is 24.3. The summed E-state index contributed by atoms with van der Waals surface area (Å²) in [5.41, 5.74) is 1.41. The largest absolute Gasteiger partial charge is 0.478 e. The number of piperazine rings is 1. The molecule has 6 nitrogen and oxygen atoms in total. The number of aryl methyl sites for hydroxylation is 1. The van der Waals surface area contributed by atoms with E-state index in [1.165, 1.54) is 0 Å². The molecule has 2 aromatic rings. The Morgan fingerprint density at radius 1 is 1.00 bits per heavy atom. The first kappa shape index (κ1) is 14.3. The maximum absolute atomic E-state index is 11.3. The quantitative estimate of drug-likeness (QED) is 0.932. The van der Waals surface area contributed by atoms with Gasteiger partial charge in [0.15, 0.2) is 0 Å². The minimum Gasteiger partial charge on any atom is -0.478 e. The van der Waals surface area contributed by atoms with Crippen molar-refractivity contribution in [2.45, 2.75) is 6.92 Å².